The molecular weight excluding hydrogens is 224 g/mol. The average molecular weight is 239 g/mol. The molecule has 0 aromatic rings. The summed E-state index contributed by atoms with van der Waals surface area (Å²) >= 11 is 5.66. The second kappa shape index (κ2) is 4.06. The molecule has 4 nitrogen and oxygen atoms in total. The first-order chi connectivity index (χ1) is 6.33. The number of nitrogens with one attached hydrogen (secondary N) is 1. The van der Waals surface area contributed by atoms with Crippen molar-refractivity contribution >= 4 is 27.2 Å². The molecule has 1 aliphatic rings. The highest BCUT2D eigenvalue weighted by atomic mass is 35.5. The molecule has 1 heterocycles. The fourth-order valence-corrected chi connectivity index (χ4v) is 3.56. The molecule has 1 saturated heterocycles. The number of alkyl halides is 1. The van der Waals surface area contributed by atoms with Gasteiger partial charge in [-0.1, -0.05) is 0 Å². The van der Waals surface area contributed by atoms with Gasteiger partial charge in [0.2, 0.25) is 5.91 Å². The van der Waals surface area contributed by atoms with Crippen LogP contribution in [0.3, 0.4) is 0 Å². The maximum absolute atomic E-state index is 11.5. The number of carbonyl (C=O) groups excluding carboxylic acids is 1. The van der Waals surface area contributed by atoms with Gasteiger partial charge in [-0.05, 0) is 13.3 Å². The van der Waals surface area contributed by atoms with Gasteiger partial charge in [0.1, 0.15) is 5.38 Å². The molecule has 0 bridgehead atoms. The first kappa shape index (κ1) is 11.8. The topological polar surface area (TPSA) is 61.2 Å². The third-order valence-electron chi connectivity index (χ3n) is 2.48. The molecule has 0 aromatic carbocycles. The summed E-state index contributed by atoms with van der Waals surface area (Å²) in [4.78, 5) is 13.0. The number of hydrogen-bond acceptors (Lipinski definition) is 3. The van der Waals surface area contributed by atoms with E-state index in [1.807, 2.05) is 0 Å². The van der Waals surface area contributed by atoms with E-state index in [-0.39, 0.29) is 11.9 Å². The average Bonchev–Trinajstić information content (AvgIpc) is 2.43. The zero-order chi connectivity index (χ0) is 10.9. The molecule has 1 fully saturated rings. The third-order valence-corrected chi connectivity index (χ3v) is 4.48. The first-order valence-corrected chi connectivity index (χ1v) is 6.81. The smallest absolute Gasteiger partial charge is 0.240 e. The van der Waals surface area contributed by atoms with Crippen molar-refractivity contribution < 1.29 is 9.00 Å². The van der Waals surface area contributed by atoms with E-state index >= 15 is 0 Å². The van der Waals surface area contributed by atoms with Crippen LogP contribution >= 0.6 is 11.6 Å². The van der Waals surface area contributed by atoms with Crippen LogP contribution in [0.5, 0.6) is 0 Å². The van der Waals surface area contributed by atoms with Crippen molar-refractivity contribution in [2.24, 2.45) is 0 Å². The molecule has 0 aliphatic carbocycles. The van der Waals surface area contributed by atoms with Gasteiger partial charge >= 0.3 is 0 Å². The van der Waals surface area contributed by atoms with Crippen LogP contribution in [-0.4, -0.2) is 45.0 Å². The molecule has 0 aromatic heterocycles. The Morgan fingerprint density at radius 1 is 1.71 bits per heavy atom. The van der Waals surface area contributed by atoms with E-state index in [2.05, 4.69) is 0 Å². The van der Waals surface area contributed by atoms with Crippen molar-refractivity contribution in [1.82, 2.24) is 4.90 Å². The molecule has 0 saturated carbocycles. The van der Waals surface area contributed by atoms with Gasteiger partial charge in [0, 0.05) is 28.6 Å². The van der Waals surface area contributed by atoms with Gasteiger partial charge in [0.25, 0.3) is 0 Å². The van der Waals surface area contributed by atoms with E-state index in [9.17, 15) is 9.00 Å². The number of rotatable bonds is 2. The Morgan fingerprint density at radius 2 is 2.29 bits per heavy atom. The van der Waals surface area contributed by atoms with Crippen molar-refractivity contribution in [2.45, 2.75) is 24.8 Å². The van der Waals surface area contributed by atoms with Gasteiger partial charge in [-0.3, -0.25) is 9.57 Å². The number of hydrogen-bond donors (Lipinski definition) is 1. The fraction of sp³-hybridized carbons (Fsp3) is 0.875. The molecule has 1 rings (SSSR count). The van der Waals surface area contributed by atoms with Crippen molar-refractivity contribution in [1.29, 1.82) is 4.78 Å². The highest BCUT2D eigenvalue weighted by molar-refractivity contribution is 7.92. The van der Waals surface area contributed by atoms with Crippen LogP contribution in [0.1, 0.15) is 13.3 Å². The molecule has 6 heteroatoms. The molecule has 14 heavy (non-hydrogen) atoms. The molecule has 0 spiro atoms. The summed E-state index contributed by atoms with van der Waals surface area (Å²) in [5.41, 5.74) is 0. The first-order valence-electron chi connectivity index (χ1n) is 4.48. The predicted octanol–water partition coefficient (Wildman–Crippen LogP) is 0.891. The van der Waals surface area contributed by atoms with Crippen molar-refractivity contribution in [2.75, 3.05) is 18.6 Å². The molecule has 3 atom stereocenters. The summed E-state index contributed by atoms with van der Waals surface area (Å²) in [7, 11) is -0.777. The minimum Gasteiger partial charge on any atom is -0.341 e. The summed E-state index contributed by atoms with van der Waals surface area (Å²) in [6.07, 6.45) is 0.647. The molecule has 1 aliphatic heterocycles. The second-order valence-corrected chi connectivity index (χ2v) is 6.71. The Labute approximate surface area is 89.6 Å². The zero-order valence-corrected chi connectivity index (χ0v) is 9.90. The van der Waals surface area contributed by atoms with E-state index in [0.29, 0.717) is 17.9 Å². The van der Waals surface area contributed by atoms with Crippen molar-refractivity contribution in [3.63, 3.8) is 0 Å². The van der Waals surface area contributed by atoms with E-state index in [1.165, 1.54) is 4.90 Å². The Kier molecular flexibility index (Phi) is 3.42. The lowest BCUT2D eigenvalue weighted by Gasteiger charge is -2.24. The largest absolute Gasteiger partial charge is 0.341 e. The standard InChI is InChI=1S/C8H15ClN2O2S/c1-6(9)8(12)11(2)7-3-4-14(10,13)5-7/h6-7,10H,3-5H2,1-2H3. The second-order valence-electron chi connectivity index (χ2n) is 3.69. The highest BCUT2D eigenvalue weighted by Gasteiger charge is 2.31. The van der Waals surface area contributed by atoms with Gasteiger partial charge in [-0.2, -0.15) is 0 Å². The lowest BCUT2D eigenvalue weighted by atomic mass is 10.2. The summed E-state index contributed by atoms with van der Waals surface area (Å²) in [6.45, 7) is 1.62. The normalized spacial score (nSPS) is 34.1. The summed E-state index contributed by atoms with van der Waals surface area (Å²) in [5.74, 6) is 0.527. The van der Waals surface area contributed by atoms with Gasteiger partial charge in [0.05, 0.1) is 5.75 Å². The molecule has 0 radical (unpaired) electrons. The number of amides is 1. The highest BCUT2D eigenvalue weighted by Crippen LogP contribution is 2.18. The van der Waals surface area contributed by atoms with E-state index in [4.69, 9.17) is 16.4 Å². The minimum absolute atomic E-state index is 0.0753. The van der Waals surface area contributed by atoms with Crippen LogP contribution in [0.2, 0.25) is 0 Å². The minimum atomic E-state index is -2.44. The summed E-state index contributed by atoms with van der Waals surface area (Å²) < 4.78 is 18.8. The van der Waals surface area contributed by atoms with Gasteiger partial charge in [0.15, 0.2) is 0 Å². The number of halogens is 1. The van der Waals surface area contributed by atoms with Gasteiger partial charge in [-0.25, -0.2) is 4.21 Å². The molecule has 3 unspecified atom stereocenters. The molecule has 82 valence electrons. The van der Waals surface area contributed by atoms with Crippen molar-refractivity contribution in [3.8, 4) is 0 Å². The maximum Gasteiger partial charge on any atom is 0.240 e. The maximum atomic E-state index is 11.5. The number of nitrogens with zero attached hydrogens (tertiary/aromatic N) is 1. The van der Waals surface area contributed by atoms with Gasteiger partial charge < -0.3 is 4.90 Å². The Bertz CT molecular complexity index is 326. The lowest BCUT2D eigenvalue weighted by Crippen LogP contribution is -2.41. The Balaban J connectivity index is 2.64. The number of carbonyl (C=O) groups is 1. The molecular formula is C8H15ClN2O2S. The van der Waals surface area contributed by atoms with Crippen LogP contribution < -0.4 is 0 Å². The fourth-order valence-electron chi connectivity index (χ4n) is 1.57. The Morgan fingerprint density at radius 3 is 2.64 bits per heavy atom. The van der Waals surface area contributed by atoms with Crippen molar-refractivity contribution in [3.05, 3.63) is 0 Å². The van der Waals surface area contributed by atoms with E-state index in [1.54, 1.807) is 14.0 Å². The lowest BCUT2D eigenvalue weighted by molar-refractivity contribution is -0.130. The van der Waals surface area contributed by atoms with Crippen LogP contribution in [0.25, 0.3) is 0 Å². The third kappa shape index (κ3) is 2.60. The van der Waals surface area contributed by atoms with Crippen LogP contribution in [0.15, 0.2) is 0 Å². The molecule has 1 N–H and O–H groups in total. The van der Waals surface area contributed by atoms with E-state index < -0.39 is 15.1 Å². The summed E-state index contributed by atoms with van der Waals surface area (Å²) in [5, 5.41) is -0.553. The predicted molar refractivity (Wildman–Crippen MR) is 57.1 cm³/mol. The van der Waals surface area contributed by atoms with Crippen LogP contribution in [0, 0.1) is 4.78 Å². The zero-order valence-electron chi connectivity index (χ0n) is 8.33. The monoisotopic (exact) mass is 238 g/mol. The quantitative estimate of drug-likeness (QED) is 0.727. The van der Waals surface area contributed by atoms with E-state index in [0.717, 1.165) is 0 Å². The van der Waals surface area contributed by atoms with Crippen LogP contribution in [0.4, 0.5) is 0 Å². The van der Waals surface area contributed by atoms with Gasteiger partial charge in [-0.15, -0.1) is 11.6 Å². The molecule has 1 amide bonds. The summed E-state index contributed by atoms with van der Waals surface area (Å²) in [6, 6.07) is -0.0753. The Hall–Kier alpha value is -0.290. The van der Waals surface area contributed by atoms with Crippen LogP contribution in [-0.2, 0) is 14.5 Å². The SMILES string of the molecule is CC(Cl)C(=O)N(C)C1CCS(=N)(=O)C1.